The van der Waals surface area contributed by atoms with Crippen molar-refractivity contribution in [3.05, 3.63) is 59.7 Å². The number of benzene rings is 2. The van der Waals surface area contributed by atoms with E-state index in [0.29, 0.717) is 11.3 Å². The highest BCUT2D eigenvalue weighted by atomic mass is 32.2. The topological polar surface area (TPSA) is 108 Å². The molecule has 0 heterocycles. The van der Waals surface area contributed by atoms with Crippen LogP contribution in [0.1, 0.15) is 15.9 Å². The summed E-state index contributed by atoms with van der Waals surface area (Å²) in [6.07, 6.45) is 0. The van der Waals surface area contributed by atoms with Gasteiger partial charge in [-0.3, -0.25) is 4.79 Å². The van der Waals surface area contributed by atoms with Crippen molar-refractivity contribution in [3.8, 4) is 6.07 Å². The van der Waals surface area contributed by atoms with E-state index in [2.05, 4.69) is 10.0 Å². The van der Waals surface area contributed by atoms with E-state index in [4.69, 9.17) is 10.00 Å². The minimum atomic E-state index is -3.74. The number of sulfonamides is 1. The van der Waals surface area contributed by atoms with Gasteiger partial charge in [-0.1, -0.05) is 18.2 Å². The van der Waals surface area contributed by atoms with Gasteiger partial charge in [-0.05, 0) is 30.3 Å². The molecule has 0 bridgehead atoms. The van der Waals surface area contributed by atoms with Crippen LogP contribution in [0.4, 0.5) is 5.69 Å². The third-order valence-corrected chi connectivity index (χ3v) is 4.76. The van der Waals surface area contributed by atoms with Crippen molar-refractivity contribution in [2.75, 3.05) is 25.6 Å². The van der Waals surface area contributed by atoms with Crippen LogP contribution in [0.25, 0.3) is 0 Å². The molecule has 2 aromatic rings. The highest BCUT2D eigenvalue weighted by Gasteiger charge is 2.16. The number of anilines is 1. The Morgan fingerprint density at radius 2 is 1.96 bits per heavy atom. The molecule has 7 nitrogen and oxygen atoms in total. The van der Waals surface area contributed by atoms with E-state index in [0.717, 1.165) is 0 Å². The van der Waals surface area contributed by atoms with Crippen LogP contribution in [0, 0.1) is 11.3 Å². The average Bonchev–Trinajstić information content (AvgIpc) is 2.62. The Labute approximate surface area is 146 Å². The zero-order valence-corrected chi connectivity index (χ0v) is 14.3. The van der Waals surface area contributed by atoms with Crippen LogP contribution in [0.2, 0.25) is 0 Å². The third kappa shape index (κ3) is 4.87. The molecule has 0 radical (unpaired) electrons. The van der Waals surface area contributed by atoms with Gasteiger partial charge in [0.15, 0.2) is 0 Å². The Hall–Kier alpha value is -2.73. The maximum absolute atomic E-state index is 12.4. The molecule has 8 heteroatoms. The quantitative estimate of drug-likeness (QED) is 0.732. The summed E-state index contributed by atoms with van der Waals surface area (Å²) in [5.74, 6) is -0.503. The van der Waals surface area contributed by atoms with E-state index in [-0.39, 0.29) is 23.6 Å². The Morgan fingerprint density at radius 3 is 2.68 bits per heavy atom. The second-order valence-electron chi connectivity index (χ2n) is 5.03. The number of rotatable bonds is 7. The van der Waals surface area contributed by atoms with E-state index in [1.54, 1.807) is 24.3 Å². The second kappa shape index (κ2) is 8.39. The maximum atomic E-state index is 12.4. The molecule has 0 unspecified atom stereocenters. The fourth-order valence-electron chi connectivity index (χ4n) is 2.05. The molecule has 25 heavy (non-hydrogen) atoms. The minimum Gasteiger partial charge on any atom is -0.383 e. The summed E-state index contributed by atoms with van der Waals surface area (Å²) in [4.78, 5) is 12.3. The summed E-state index contributed by atoms with van der Waals surface area (Å²) in [6.45, 7) is 0.370. The average molecular weight is 359 g/mol. The fourth-order valence-corrected chi connectivity index (χ4v) is 3.11. The number of amides is 1. The minimum absolute atomic E-state index is 0.0233. The van der Waals surface area contributed by atoms with Gasteiger partial charge in [0.05, 0.1) is 22.8 Å². The fraction of sp³-hybridized carbons (Fsp3) is 0.176. The molecule has 130 valence electrons. The number of hydrogen-bond donors (Lipinski definition) is 2. The summed E-state index contributed by atoms with van der Waals surface area (Å²) in [5.41, 5.74) is 0.852. The lowest BCUT2D eigenvalue weighted by Crippen LogP contribution is -2.27. The molecule has 0 saturated carbocycles. The molecule has 0 aliphatic heterocycles. The smallest absolute Gasteiger partial charge is 0.255 e. The van der Waals surface area contributed by atoms with Crippen LogP contribution >= 0.6 is 0 Å². The summed E-state index contributed by atoms with van der Waals surface area (Å²) in [6, 6.07) is 14.2. The van der Waals surface area contributed by atoms with Gasteiger partial charge in [-0.25, -0.2) is 13.1 Å². The van der Waals surface area contributed by atoms with Gasteiger partial charge in [0.25, 0.3) is 5.91 Å². The molecule has 0 aliphatic rings. The Morgan fingerprint density at radius 1 is 1.20 bits per heavy atom. The molecule has 2 rings (SSSR count). The maximum Gasteiger partial charge on any atom is 0.255 e. The molecule has 2 aromatic carbocycles. The summed E-state index contributed by atoms with van der Waals surface area (Å²) < 4.78 is 31.6. The van der Waals surface area contributed by atoms with Crippen molar-refractivity contribution in [3.63, 3.8) is 0 Å². The van der Waals surface area contributed by atoms with Gasteiger partial charge in [0.2, 0.25) is 10.0 Å². The molecule has 0 saturated heterocycles. The van der Waals surface area contributed by atoms with Crippen molar-refractivity contribution in [1.82, 2.24) is 4.72 Å². The van der Waals surface area contributed by atoms with E-state index >= 15 is 0 Å². The van der Waals surface area contributed by atoms with E-state index in [9.17, 15) is 13.2 Å². The van der Waals surface area contributed by atoms with Gasteiger partial charge in [-0.15, -0.1) is 0 Å². The standard InChI is InChI=1S/C17H17N3O4S/c1-24-10-9-19-25(22,23)15-7-4-6-13(11-15)17(21)20-16-8-3-2-5-14(16)12-18/h2-8,11,19H,9-10H2,1H3,(H,20,21). The van der Waals surface area contributed by atoms with Crippen LogP contribution in [-0.2, 0) is 14.8 Å². The SMILES string of the molecule is COCCNS(=O)(=O)c1cccc(C(=O)Nc2ccccc2C#N)c1. The van der Waals surface area contributed by atoms with Crippen molar-refractivity contribution in [2.24, 2.45) is 0 Å². The van der Waals surface area contributed by atoms with Crippen LogP contribution in [-0.4, -0.2) is 34.6 Å². The predicted octanol–water partition coefficient (Wildman–Crippen LogP) is 1.74. The lowest BCUT2D eigenvalue weighted by atomic mass is 10.1. The molecule has 0 atom stereocenters. The van der Waals surface area contributed by atoms with Crippen molar-refractivity contribution >= 4 is 21.6 Å². The Bertz CT molecular complexity index is 904. The predicted molar refractivity (Wildman–Crippen MR) is 92.6 cm³/mol. The van der Waals surface area contributed by atoms with Crippen LogP contribution in [0.5, 0.6) is 0 Å². The van der Waals surface area contributed by atoms with Crippen LogP contribution < -0.4 is 10.0 Å². The van der Waals surface area contributed by atoms with Crippen molar-refractivity contribution in [2.45, 2.75) is 4.90 Å². The van der Waals surface area contributed by atoms with E-state index in [1.807, 2.05) is 6.07 Å². The van der Waals surface area contributed by atoms with Gasteiger partial charge >= 0.3 is 0 Å². The molecule has 0 aliphatic carbocycles. The number of nitriles is 1. The number of nitrogens with zero attached hydrogens (tertiary/aromatic N) is 1. The first kappa shape index (κ1) is 18.6. The zero-order chi connectivity index (χ0) is 18.3. The largest absolute Gasteiger partial charge is 0.383 e. The highest BCUT2D eigenvalue weighted by molar-refractivity contribution is 7.89. The second-order valence-corrected chi connectivity index (χ2v) is 6.80. The molecule has 1 amide bonds. The first-order chi connectivity index (χ1) is 12.0. The lowest BCUT2D eigenvalue weighted by molar-refractivity contribution is 0.102. The van der Waals surface area contributed by atoms with Crippen molar-refractivity contribution in [1.29, 1.82) is 5.26 Å². The molecule has 0 fully saturated rings. The summed E-state index contributed by atoms with van der Waals surface area (Å²) >= 11 is 0. The number of nitrogens with one attached hydrogen (secondary N) is 2. The van der Waals surface area contributed by atoms with Crippen molar-refractivity contribution < 1.29 is 17.9 Å². The molecule has 2 N–H and O–H groups in total. The zero-order valence-electron chi connectivity index (χ0n) is 13.5. The molecular formula is C17H17N3O4S. The van der Waals surface area contributed by atoms with E-state index in [1.165, 1.54) is 31.4 Å². The number of hydrogen-bond acceptors (Lipinski definition) is 5. The lowest BCUT2D eigenvalue weighted by Gasteiger charge is -2.09. The van der Waals surface area contributed by atoms with Crippen LogP contribution in [0.15, 0.2) is 53.4 Å². The summed E-state index contributed by atoms with van der Waals surface area (Å²) in [5, 5.41) is 11.7. The monoisotopic (exact) mass is 359 g/mol. The first-order valence-electron chi connectivity index (χ1n) is 7.37. The summed E-state index contributed by atoms with van der Waals surface area (Å²) in [7, 11) is -2.27. The normalized spacial score (nSPS) is 10.9. The van der Waals surface area contributed by atoms with E-state index < -0.39 is 15.9 Å². The van der Waals surface area contributed by atoms with Gasteiger partial charge in [-0.2, -0.15) is 5.26 Å². The van der Waals surface area contributed by atoms with Crippen LogP contribution in [0.3, 0.4) is 0 Å². The number of carbonyl (C=O) groups excluding carboxylic acids is 1. The van der Waals surface area contributed by atoms with Gasteiger partial charge in [0, 0.05) is 19.2 Å². The Balaban J connectivity index is 2.21. The molecule has 0 spiro atoms. The highest BCUT2D eigenvalue weighted by Crippen LogP contribution is 2.17. The molecular weight excluding hydrogens is 342 g/mol. The molecule has 0 aromatic heterocycles. The Kier molecular flexibility index (Phi) is 6.25. The van der Waals surface area contributed by atoms with Gasteiger partial charge < -0.3 is 10.1 Å². The number of carbonyl (C=O) groups is 1. The first-order valence-corrected chi connectivity index (χ1v) is 8.85. The number of methoxy groups -OCH3 is 1. The number of ether oxygens (including phenoxy) is 1. The third-order valence-electron chi connectivity index (χ3n) is 3.30. The van der Waals surface area contributed by atoms with Gasteiger partial charge in [0.1, 0.15) is 6.07 Å². The number of para-hydroxylation sites is 1.